The van der Waals surface area contributed by atoms with E-state index < -0.39 is 0 Å². The Morgan fingerprint density at radius 1 is 0.889 bits per heavy atom. The molecule has 0 saturated carbocycles. The van der Waals surface area contributed by atoms with E-state index in [1.807, 2.05) is 32.0 Å². The summed E-state index contributed by atoms with van der Waals surface area (Å²) in [5, 5.41) is 0. The molecule has 0 atom stereocenters. The average Bonchev–Trinajstić information content (AvgIpc) is 2.42. The molecule has 0 aliphatic heterocycles. The Morgan fingerprint density at radius 2 is 1.39 bits per heavy atom. The molecule has 0 amide bonds. The van der Waals surface area contributed by atoms with Gasteiger partial charge in [0.15, 0.2) is 0 Å². The van der Waals surface area contributed by atoms with Crippen LogP contribution >= 0.6 is 0 Å². The summed E-state index contributed by atoms with van der Waals surface area (Å²) >= 11 is 0. The fourth-order valence-corrected chi connectivity index (χ4v) is 1.80. The molecule has 0 aliphatic carbocycles. The molecule has 84 valence electrons. The Bertz CT molecular complexity index is 547. The van der Waals surface area contributed by atoms with Crippen LogP contribution in [-0.2, 0) is 6.42 Å². The van der Waals surface area contributed by atoms with Crippen molar-refractivity contribution >= 4 is 33.7 Å². The average molecular weight is 230 g/mol. The first-order valence-corrected chi connectivity index (χ1v) is 5.95. The van der Waals surface area contributed by atoms with E-state index in [4.69, 9.17) is 0 Å². The van der Waals surface area contributed by atoms with Crippen molar-refractivity contribution in [3.63, 3.8) is 0 Å². The van der Waals surface area contributed by atoms with Gasteiger partial charge in [0.25, 0.3) is 0 Å². The third kappa shape index (κ3) is 3.36. The molecule has 0 heterocycles. The van der Waals surface area contributed by atoms with Crippen LogP contribution in [0.15, 0.2) is 58.3 Å². The van der Waals surface area contributed by atoms with Crippen molar-refractivity contribution in [2.75, 3.05) is 0 Å². The van der Waals surface area contributed by atoms with Gasteiger partial charge >= 0.3 is 110 Å². The fraction of sp³-hybridized carbons (Fsp3) is 0.0769. The second-order valence-electron chi connectivity index (χ2n) is 4.06. The number of hydrogen-bond donors (Lipinski definition) is 0. The van der Waals surface area contributed by atoms with Gasteiger partial charge in [-0.15, -0.1) is 0 Å². The number of rotatable bonds is 4. The summed E-state index contributed by atoms with van der Waals surface area (Å²) in [5.41, 5.74) is 4.46. The van der Waals surface area contributed by atoms with Gasteiger partial charge in [-0.2, -0.15) is 0 Å². The minimum atomic E-state index is 0.909. The van der Waals surface area contributed by atoms with Crippen molar-refractivity contribution in [3.05, 3.63) is 59.7 Å². The monoisotopic (exact) mass is 230 g/mol. The maximum atomic E-state index is 4.23. The zero-order valence-corrected chi connectivity index (χ0v) is 10.5. The normalized spacial score (nSPS) is 10.2. The summed E-state index contributed by atoms with van der Waals surface area (Å²) in [7, 11) is 5.43. The fourth-order valence-electron chi connectivity index (χ4n) is 1.80. The van der Waals surface area contributed by atoms with E-state index in [1.165, 1.54) is 11.1 Å². The van der Waals surface area contributed by atoms with Gasteiger partial charge < -0.3 is 0 Å². The van der Waals surface area contributed by atoms with Crippen LogP contribution < -0.4 is 0 Å². The first-order chi connectivity index (χ1) is 8.81. The van der Waals surface area contributed by atoms with E-state index in [-0.39, 0.29) is 0 Å². The van der Waals surface area contributed by atoms with Crippen molar-refractivity contribution in [2.24, 2.45) is 9.79 Å². The summed E-state index contributed by atoms with van der Waals surface area (Å²) in [6.07, 6.45) is 0.924. The van der Waals surface area contributed by atoms with Gasteiger partial charge in [-0.1, -0.05) is 0 Å². The molecule has 2 rings (SSSR count). The first kappa shape index (κ1) is 12.7. The molecule has 0 saturated heterocycles. The van der Waals surface area contributed by atoms with Crippen molar-refractivity contribution in [2.45, 2.75) is 6.42 Å². The zero-order valence-electron chi connectivity index (χ0n) is 10.5. The van der Waals surface area contributed by atoms with Crippen LogP contribution in [0.2, 0.25) is 0 Å². The van der Waals surface area contributed by atoms with Gasteiger partial charge in [0.2, 0.25) is 0 Å². The van der Waals surface area contributed by atoms with Crippen LogP contribution in [0.1, 0.15) is 11.1 Å². The second kappa shape index (κ2) is 6.24. The Morgan fingerprint density at radius 3 is 1.83 bits per heavy atom. The van der Waals surface area contributed by atoms with Gasteiger partial charge in [-0.3, -0.25) is 0 Å². The maximum absolute atomic E-state index is 4.23. The molecular formula is C13H13B3N2. The van der Waals surface area contributed by atoms with Gasteiger partial charge in [0, 0.05) is 0 Å². The summed E-state index contributed by atoms with van der Waals surface area (Å²) in [4.78, 5) is 8.12. The molecule has 5 heteroatoms. The molecule has 18 heavy (non-hydrogen) atoms. The summed E-state index contributed by atoms with van der Waals surface area (Å²) in [5.74, 6) is 0. The number of nitrogens with zero attached hydrogens (tertiary/aromatic N) is 2. The van der Waals surface area contributed by atoms with Gasteiger partial charge in [-0.05, 0) is 0 Å². The van der Waals surface area contributed by atoms with Crippen LogP contribution in [0.25, 0.3) is 0 Å². The van der Waals surface area contributed by atoms with Crippen molar-refractivity contribution in [1.82, 2.24) is 0 Å². The van der Waals surface area contributed by atoms with Crippen molar-refractivity contribution < 1.29 is 0 Å². The van der Waals surface area contributed by atoms with Crippen LogP contribution in [0.4, 0.5) is 11.4 Å². The SMILES string of the molecule is B=Nc1ccc(Cc2ccc(N=BB)cc2)cc1. The van der Waals surface area contributed by atoms with Gasteiger partial charge in [0.1, 0.15) is 0 Å². The Hall–Kier alpha value is -1.77. The van der Waals surface area contributed by atoms with E-state index in [2.05, 4.69) is 41.7 Å². The molecule has 0 fully saturated rings. The van der Waals surface area contributed by atoms with Gasteiger partial charge in [0.05, 0.1) is 0 Å². The summed E-state index contributed by atoms with van der Waals surface area (Å²) in [6.45, 7) is 1.80. The standard InChI is InChI=1S/C13H13B3N2/c14-16-18-13-7-3-11(4-8-13)9-10-1-5-12(17-15)6-2-10/h1-8,15H,9,14H2. The number of benzene rings is 2. The minimum absolute atomic E-state index is 0.909. The van der Waals surface area contributed by atoms with E-state index in [9.17, 15) is 0 Å². The zero-order chi connectivity index (χ0) is 12.8. The summed E-state index contributed by atoms with van der Waals surface area (Å²) < 4.78 is 0. The molecule has 0 N–H and O–H groups in total. The van der Waals surface area contributed by atoms with Crippen molar-refractivity contribution in [3.8, 4) is 0 Å². The van der Waals surface area contributed by atoms with Crippen LogP contribution in [-0.4, -0.2) is 22.3 Å². The van der Waals surface area contributed by atoms with E-state index in [1.54, 1.807) is 6.96 Å². The molecule has 0 bridgehead atoms. The van der Waals surface area contributed by atoms with Crippen LogP contribution in [0.3, 0.4) is 0 Å². The third-order valence-electron chi connectivity index (χ3n) is 2.74. The van der Waals surface area contributed by atoms with E-state index in [0.717, 1.165) is 17.8 Å². The predicted octanol–water partition coefficient (Wildman–Crippen LogP) is 2.06. The molecule has 2 nitrogen and oxygen atoms in total. The Balaban J connectivity index is 2.10. The third-order valence-corrected chi connectivity index (χ3v) is 2.74. The predicted molar refractivity (Wildman–Crippen MR) is 81.3 cm³/mol. The van der Waals surface area contributed by atoms with E-state index >= 15 is 0 Å². The quantitative estimate of drug-likeness (QED) is 0.717. The van der Waals surface area contributed by atoms with Crippen LogP contribution in [0.5, 0.6) is 0 Å². The molecule has 0 radical (unpaired) electrons. The molecular weight excluding hydrogens is 217 g/mol. The second-order valence-corrected chi connectivity index (χ2v) is 4.06. The Labute approximate surface area is 110 Å². The first-order valence-electron chi connectivity index (χ1n) is 5.95. The summed E-state index contributed by atoms with van der Waals surface area (Å²) in [6, 6.07) is 16.4. The topological polar surface area (TPSA) is 24.7 Å². The molecule has 0 unspecified atom stereocenters. The van der Waals surface area contributed by atoms with Crippen molar-refractivity contribution in [1.29, 1.82) is 0 Å². The number of hydrogen-bond acceptors (Lipinski definition) is 2. The molecule has 0 spiro atoms. The molecule has 2 aromatic carbocycles. The Kier molecular flexibility index (Phi) is 4.40. The van der Waals surface area contributed by atoms with E-state index in [0.29, 0.717) is 0 Å². The molecule has 0 aromatic heterocycles. The van der Waals surface area contributed by atoms with Gasteiger partial charge in [-0.25, -0.2) is 0 Å². The molecule has 0 aliphatic rings. The van der Waals surface area contributed by atoms with Crippen LogP contribution in [0, 0.1) is 0 Å². The molecule has 2 aromatic rings.